The molecule has 0 unspecified atom stereocenters. The van der Waals surface area contributed by atoms with Crippen molar-refractivity contribution in [3.8, 4) is 5.75 Å². The molecule has 0 bridgehead atoms. The van der Waals surface area contributed by atoms with Crippen LogP contribution >= 0.6 is 0 Å². The number of nitrogens with zero attached hydrogens (tertiary/aromatic N) is 1. The quantitative estimate of drug-likeness (QED) is 0.469. The maximum Gasteiger partial charge on any atom is 0.276 e. The van der Waals surface area contributed by atoms with Gasteiger partial charge in [0, 0.05) is 24.8 Å². The molecule has 2 rings (SSSR count). The minimum absolute atomic E-state index is 0.0889. The standard InChI is InChI=1S/C18H17N3O5/c1-12(22)19-15-11-14(8-9-17(15)26-2)20-18(23)10-7-13-5-3-4-6-16(13)21(24)25/h3-11H,1-2H3,(H,19,22)(H,20,23)/b10-7+. The minimum atomic E-state index is -0.513. The normalized spacial score (nSPS) is 10.4. The van der Waals surface area contributed by atoms with Crippen LogP contribution in [0.15, 0.2) is 48.5 Å². The van der Waals surface area contributed by atoms with Crippen molar-refractivity contribution in [3.05, 3.63) is 64.2 Å². The number of methoxy groups -OCH3 is 1. The van der Waals surface area contributed by atoms with Gasteiger partial charge in [-0.15, -0.1) is 0 Å². The molecule has 8 heteroatoms. The van der Waals surface area contributed by atoms with Gasteiger partial charge in [0.25, 0.3) is 5.69 Å². The molecule has 2 amide bonds. The van der Waals surface area contributed by atoms with E-state index in [1.807, 2.05) is 0 Å². The maximum absolute atomic E-state index is 12.1. The van der Waals surface area contributed by atoms with E-state index in [0.29, 0.717) is 22.7 Å². The summed E-state index contributed by atoms with van der Waals surface area (Å²) < 4.78 is 5.14. The number of rotatable bonds is 6. The third-order valence-corrected chi connectivity index (χ3v) is 3.33. The van der Waals surface area contributed by atoms with Crippen LogP contribution in [0.4, 0.5) is 17.1 Å². The molecular formula is C18H17N3O5. The SMILES string of the molecule is COc1ccc(NC(=O)/C=C/c2ccccc2[N+](=O)[O-])cc1NC(C)=O. The number of nitro groups is 1. The van der Waals surface area contributed by atoms with Crippen LogP contribution < -0.4 is 15.4 Å². The lowest BCUT2D eigenvalue weighted by Crippen LogP contribution is -2.10. The second-order valence-corrected chi connectivity index (χ2v) is 5.23. The molecule has 0 heterocycles. The summed E-state index contributed by atoms with van der Waals surface area (Å²) in [5.74, 6) is -0.293. The lowest BCUT2D eigenvalue weighted by molar-refractivity contribution is -0.385. The highest BCUT2D eigenvalue weighted by Gasteiger charge is 2.10. The Morgan fingerprint density at radius 3 is 2.54 bits per heavy atom. The molecule has 2 aromatic rings. The molecule has 2 N–H and O–H groups in total. The van der Waals surface area contributed by atoms with Crippen molar-refractivity contribution in [1.82, 2.24) is 0 Å². The number of anilines is 2. The predicted octanol–water partition coefficient (Wildman–Crippen LogP) is 3.21. The molecule has 0 aliphatic carbocycles. The monoisotopic (exact) mass is 355 g/mol. The van der Waals surface area contributed by atoms with Crippen LogP contribution in [0.3, 0.4) is 0 Å². The van der Waals surface area contributed by atoms with Crippen LogP contribution in [0.25, 0.3) is 6.08 Å². The lowest BCUT2D eigenvalue weighted by Gasteiger charge is -2.11. The summed E-state index contributed by atoms with van der Waals surface area (Å²) in [5.41, 5.74) is 1.09. The molecule has 26 heavy (non-hydrogen) atoms. The molecule has 0 aromatic heterocycles. The van der Waals surface area contributed by atoms with E-state index in [1.165, 1.54) is 32.3 Å². The number of nitrogens with one attached hydrogen (secondary N) is 2. The van der Waals surface area contributed by atoms with Crippen LogP contribution in [-0.2, 0) is 9.59 Å². The van der Waals surface area contributed by atoms with E-state index in [2.05, 4.69) is 10.6 Å². The highest BCUT2D eigenvalue weighted by molar-refractivity contribution is 6.03. The Morgan fingerprint density at radius 2 is 1.88 bits per heavy atom. The number of carbonyl (C=O) groups is 2. The topological polar surface area (TPSA) is 111 Å². The Morgan fingerprint density at radius 1 is 1.15 bits per heavy atom. The number of hydrogen-bond acceptors (Lipinski definition) is 5. The fourth-order valence-electron chi connectivity index (χ4n) is 2.22. The number of amides is 2. The lowest BCUT2D eigenvalue weighted by atomic mass is 10.1. The van der Waals surface area contributed by atoms with Crippen molar-refractivity contribution in [1.29, 1.82) is 0 Å². The number of para-hydroxylation sites is 1. The number of hydrogen-bond donors (Lipinski definition) is 2. The van der Waals surface area contributed by atoms with Gasteiger partial charge in [0.1, 0.15) is 5.75 Å². The zero-order chi connectivity index (χ0) is 19.1. The second kappa shape index (κ2) is 8.43. The molecule has 0 aliphatic heterocycles. The van der Waals surface area contributed by atoms with Crippen molar-refractivity contribution < 1.29 is 19.2 Å². The summed E-state index contributed by atoms with van der Waals surface area (Å²) in [6.45, 7) is 1.36. The van der Waals surface area contributed by atoms with Gasteiger partial charge in [-0.3, -0.25) is 19.7 Å². The summed E-state index contributed by atoms with van der Waals surface area (Å²) in [7, 11) is 1.47. The Labute approximate surface area is 149 Å². The van der Waals surface area contributed by atoms with E-state index in [0.717, 1.165) is 0 Å². The van der Waals surface area contributed by atoms with Gasteiger partial charge in [0.05, 0.1) is 23.3 Å². The average molecular weight is 355 g/mol. The van der Waals surface area contributed by atoms with Crippen molar-refractivity contribution in [3.63, 3.8) is 0 Å². The van der Waals surface area contributed by atoms with Crippen LogP contribution in [0.5, 0.6) is 5.75 Å². The van der Waals surface area contributed by atoms with Gasteiger partial charge in [0.15, 0.2) is 0 Å². The van der Waals surface area contributed by atoms with Gasteiger partial charge in [0.2, 0.25) is 11.8 Å². The minimum Gasteiger partial charge on any atom is -0.495 e. The molecule has 134 valence electrons. The first-order chi connectivity index (χ1) is 12.4. The molecule has 0 aliphatic rings. The Kier molecular flexibility index (Phi) is 6.05. The Hall–Kier alpha value is -3.68. The third-order valence-electron chi connectivity index (χ3n) is 3.33. The summed E-state index contributed by atoms with van der Waals surface area (Å²) in [6, 6.07) is 10.9. The summed E-state index contributed by atoms with van der Waals surface area (Å²) >= 11 is 0. The molecule has 0 saturated carbocycles. The largest absolute Gasteiger partial charge is 0.495 e. The van der Waals surface area contributed by atoms with Gasteiger partial charge in [-0.1, -0.05) is 12.1 Å². The molecule has 8 nitrogen and oxygen atoms in total. The smallest absolute Gasteiger partial charge is 0.276 e. The van der Waals surface area contributed by atoms with E-state index in [4.69, 9.17) is 4.74 Å². The van der Waals surface area contributed by atoms with Gasteiger partial charge >= 0.3 is 0 Å². The van der Waals surface area contributed by atoms with Gasteiger partial charge in [-0.05, 0) is 30.3 Å². The number of benzene rings is 2. The number of ether oxygens (including phenoxy) is 1. The first-order valence-corrected chi connectivity index (χ1v) is 7.59. The first-order valence-electron chi connectivity index (χ1n) is 7.59. The van der Waals surface area contributed by atoms with Crippen molar-refractivity contribution in [2.45, 2.75) is 6.92 Å². The van der Waals surface area contributed by atoms with E-state index in [9.17, 15) is 19.7 Å². The van der Waals surface area contributed by atoms with Gasteiger partial charge < -0.3 is 15.4 Å². The summed E-state index contributed by atoms with van der Waals surface area (Å²) in [6.07, 6.45) is 2.57. The molecule has 2 aromatic carbocycles. The summed E-state index contributed by atoms with van der Waals surface area (Å²) in [4.78, 5) is 33.8. The fraction of sp³-hybridized carbons (Fsp3) is 0.111. The van der Waals surface area contributed by atoms with E-state index < -0.39 is 10.8 Å². The third kappa shape index (κ3) is 4.91. The maximum atomic E-state index is 12.1. The fourth-order valence-corrected chi connectivity index (χ4v) is 2.22. The van der Waals surface area contributed by atoms with Gasteiger partial charge in [-0.25, -0.2) is 0 Å². The van der Waals surface area contributed by atoms with Gasteiger partial charge in [-0.2, -0.15) is 0 Å². The van der Waals surface area contributed by atoms with E-state index >= 15 is 0 Å². The predicted molar refractivity (Wildman–Crippen MR) is 98.1 cm³/mol. The number of carbonyl (C=O) groups excluding carboxylic acids is 2. The molecule has 0 fully saturated rings. The second-order valence-electron chi connectivity index (χ2n) is 5.23. The molecule has 0 saturated heterocycles. The highest BCUT2D eigenvalue weighted by atomic mass is 16.6. The molecular weight excluding hydrogens is 338 g/mol. The van der Waals surface area contributed by atoms with E-state index in [1.54, 1.807) is 36.4 Å². The van der Waals surface area contributed by atoms with Crippen molar-refractivity contribution >= 4 is 35.0 Å². The zero-order valence-electron chi connectivity index (χ0n) is 14.2. The van der Waals surface area contributed by atoms with Crippen LogP contribution in [0.1, 0.15) is 12.5 Å². The van der Waals surface area contributed by atoms with Crippen LogP contribution in [0.2, 0.25) is 0 Å². The Bertz CT molecular complexity index is 877. The first kappa shape index (κ1) is 18.7. The molecule has 0 atom stereocenters. The van der Waals surface area contributed by atoms with Crippen LogP contribution in [0, 0.1) is 10.1 Å². The highest BCUT2D eigenvalue weighted by Crippen LogP contribution is 2.28. The van der Waals surface area contributed by atoms with Crippen molar-refractivity contribution in [2.75, 3.05) is 17.7 Å². The molecule has 0 radical (unpaired) electrons. The zero-order valence-corrected chi connectivity index (χ0v) is 14.2. The summed E-state index contributed by atoms with van der Waals surface area (Å²) in [5, 5.41) is 16.2. The van der Waals surface area contributed by atoms with Crippen molar-refractivity contribution in [2.24, 2.45) is 0 Å². The van der Waals surface area contributed by atoms with E-state index in [-0.39, 0.29) is 11.6 Å². The molecule has 0 spiro atoms. The Balaban J connectivity index is 2.15. The van der Waals surface area contributed by atoms with Crippen LogP contribution in [-0.4, -0.2) is 23.8 Å². The number of nitro benzene ring substituents is 1. The average Bonchev–Trinajstić information content (AvgIpc) is 2.60.